The SMILES string of the molecule is O=C(N1CCCCC1CCBr)C1(c2ccccc2)CC1. The summed E-state index contributed by atoms with van der Waals surface area (Å²) < 4.78 is 0. The molecule has 0 bridgehead atoms. The number of piperidine rings is 1. The first-order valence-corrected chi connectivity index (χ1v) is 8.83. The summed E-state index contributed by atoms with van der Waals surface area (Å²) in [5, 5.41) is 0.986. The molecular weight excluding hydrogens is 314 g/mol. The standard InChI is InChI=1S/C17H22BrNO/c18-12-9-15-8-4-5-13-19(15)16(20)17(10-11-17)14-6-2-1-3-7-14/h1-3,6-7,15H,4-5,8-13H2. The number of alkyl halides is 1. The lowest BCUT2D eigenvalue weighted by molar-refractivity contribution is -0.137. The summed E-state index contributed by atoms with van der Waals surface area (Å²) in [7, 11) is 0. The lowest BCUT2D eigenvalue weighted by Gasteiger charge is -2.38. The highest BCUT2D eigenvalue weighted by Crippen LogP contribution is 2.50. The molecule has 1 saturated carbocycles. The van der Waals surface area contributed by atoms with Crippen LogP contribution in [0.25, 0.3) is 0 Å². The fraction of sp³-hybridized carbons (Fsp3) is 0.588. The van der Waals surface area contributed by atoms with Crippen molar-refractivity contribution in [3.05, 3.63) is 35.9 Å². The van der Waals surface area contributed by atoms with Crippen molar-refractivity contribution in [3.63, 3.8) is 0 Å². The second-order valence-electron chi connectivity index (χ2n) is 6.07. The van der Waals surface area contributed by atoms with Gasteiger partial charge in [-0.1, -0.05) is 46.3 Å². The average Bonchev–Trinajstić information content (AvgIpc) is 3.30. The Balaban J connectivity index is 1.81. The van der Waals surface area contributed by atoms with Crippen molar-refractivity contribution in [1.29, 1.82) is 0 Å². The third-order valence-electron chi connectivity index (χ3n) is 4.82. The molecule has 0 radical (unpaired) electrons. The lowest BCUT2D eigenvalue weighted by atomic mass is 9.91. The lowest BCUT2D eigenvalue weighted by Crippen LogP contribution is -2.48. The highest BCUT2D eigenvalue weighted by molar-refractivity contribution is 9.09. The smallest absolute Gasteiger partial charge is 0.233 e. The number of likely N-dealkylation sites (tertiary alicyclic amines) is 1. The minimum atomic E-state index is -0.191. The molecule has 1 saturated heterocycles. The van der Waals surface area contributed by atoms with Gasteiger partial charge in [-0.3, -0.25) is 4.79 Å². The zero-order chi connectivity index (χ0) is 14.0. The van der Waals surface area contributed by atoms with E-state index in [2.05, 4.69) is 45.1 Å². The predicted molar refractivity (Wildman–Crippen MR) is 85.1 cm³/mol. The molecule has 108 valence electrons. The minimum Gasteiger partial charge on any atom is -0.339 e. The van der Waals surface area contributed by atoms with Gasteiger partial charge >= 0.3 is 0 Å². The van der Waals surface area contributed by atoms with Gasteiger partial charge in [-0.05, 0) is 44.1 Å². The molecule has 20 heavy (non-hydrogen) atoms. The van der Waals surface area contributed by atoms with Gasteiger partial charge in [-0.15, -0.1) is 0 Å². The summed E-state index contributed by atoms with van der Waals surface area (Å²) in [6, 6.07) is 10.8. The number of carbonyl (C=O) groups excluding carboxylic acids is 1. The van der Waals surface area contributed by atoms with Gasteiger partial charge in [0.2, 0.25) is 5.91 Å². The summed E-state index contributed by atoms with van der Waals surface area (Å²) in [6.07, 6.45) is 6.72. The molecule has 1 heterocycles. The zero-order valence-corrected chi connectivity index (χ0v) is 13.4. The van der Waals surface area contributed by atoms with E-state index in [4.69, 9.17) is 0 Å². The molecule has 2 aliphatic rings. The van der Waals surface area contributed by atoms with E-state index >= 15 is 0 Å². The first kappa shape index (κ1) is 14.1. The minimum absolute atomic E-state index is 0.191. The Labute approximate surface area is 129 Å². The van der Waals surface area contributed by atoms with E-state index in [0.717, 1.165) is 37.6 Å². The molecule has 1 aromatic carbocycles. The van der Waals surface area contributed by atoms with Crippen LogP contribution in [-0.4, -0.2) is 28.7 Å². The molecule has 1 aromatic rings. The van der Waals surface area contributed by atoms with Crippen molar-refractivity contribution in [2.75, 3.05) is 11.9 Å². The fourth-order valence-electron chi connectivity index (χ4n) is 3.48. The van der Waals surface area contributed by atoms with Gasteiger partial charge in [0.05, 0.1) is 5.41 Å². The van der Waals surface area contributed by atoms with Gasteiger partial charge in [-0.25, -0.2) is 0 Å². The van der Waals surface area contributed by atoms with Crippen molar-refractivity contribution in [3.8, 4) is 0 Å². The molecule has 1 atom stereocenters. The van der Waals surface area contributed by atoms with Crippen LogP contribution in [0.15, 0.2) is 30.3 Å². The Bertz CT molecular complexity index is 467. The molecule has 0 aromatic heterocycles. The van der Waals surface area contributed by atoms with Gasteiger partial charge in [0, 0.05) is 17.9 Å². The third-order valence-corrected chi connectivity index (χ3v) is 5.27. The Morgan fingerprint density at radius 2 is 2.00 bits per heavy atom. The van der Waals surface area contributed by atoms with E-state index in [-0.39, 0.29) is 5.41 Å². The average molecular weight is 336 g/mol. The summed E-state index contributed by atoms with van der Waals surface area (Å²) >= 11 is 3.53. The summed E-state index contributed by atoms with van der Waals surface area (Å²) in [6.45, 7) is 0.949. The quantitative estimate of drug-likeness (QED) is 0.764. The van der Waals surface area contributed by atoms with Gasteiger partial charge in [0.1, 0.15) is 0 Å². The molecule has 0 N–H and O–H groups in total. The third kappa shape index (κ3) is 2.52. The second-order valence-corrected chi connectivity index (χ2v) is 6.87. The van der Waals surface area contributed by atoms with Crippen molar-refractivity contribution in [1.82, 2.24) is 4.90 Å². The maximum atomic E-state index is 13.1. The normalized spacial score (nSPS) is 24.4. The van der Waals surface area contributed by atoms with Crippen LogP contribution in [0.5, 0.6) is 0 Å². The highest BCUT2D eigenvalue weighted by atomic mass is 79.9. The molecular formula is C17H22BrNO. The van der Waals surface area contributed by atoms with E-state index in [1.807, 2.05) is 6.07 Å². The van der Waals surface area contributed by atoms with Crippen molar-refractivity contribution in [2.45, 2.75) is 50.0 Å². The van der Waals surface area contributed by atoms with E-state index in [1.165, 1.54) is 18.4 Å². The second kappa shape index (κ2) is 5.88. The Hall–Kier alpha value is -0.830. The predicted octanol–water partition coefficient (Wildman–Crippen LogP) is 3.88. The Morgan fingerprint density at radius 3 is 2.65 bits per heavy atom. The largest absolute Gasteiger partial charge is 0.339 e. The van der Waals surface area contributed by atoms with Crippen LogP contribution in [-0.2, 0) is 10.2 Å². The maximum Gasteiger partial charge on any atom is 0.233 e. The highest BCUT2D eigenvalue weighted by Gasteiger charge is 2.53. The number of nitrogens with zero attached hydrogens (tertiary/aromatic N) is 1. The fourth-order valence-corrected chi connectivity index (χ4v) is 4.01. The van der Waals surface area contributed by atoms with Gasteiger partial charge in [-0.2, -0.15) is 0 Å². The number of benzene rings is 1. The van der Waals surface area contributed by atoms with Gasteiger partial charge < -0.3 is 4.90 Å². The number of amides is 1. The molecule has 2 nitrogen and oxygen atoms in total. The number of rotatable bonds is 4. The van der Waals surface area contributed by atoms with Crippen molar-refractivity contribution in [2.24, 2.45) is 0 Å². The van der Waals surface area contributed by atoms with Crippen LogP contribution >= 0.6 is 15.9 Å². The van der Waals surface area contributed by atoms with Crippen LogP contribution in [0.4, 0.5) is 0 Å². The van der Waals surface area contributed by atoms with Crippen molar-refractivity contribution >= 4 is 21.8 Å². The van der Waals surface area contributed by atoms with Gasteiger partial charge in [0.15, 0.2) is 0 Å². The summed E-state index contributed by atoms with van der Waals surface area (Å²) in [5.41, 5.74) is 1.02. The zero-order valence-electron chi connectivity index (χ0n) is 11.9. The molecule has 1 aliphatic carbocycles. The van der Waals surface area contributed by atoms with Crippen LogP contribution in [0.2, 0.25) is 0 Å². The molecule has 3 rings (SSSR count). The van der Waals surface area contributed by atoms with Crippen LogP contribution in [0, 0.1) is 0 Å². The van der Waals surface area contributed by atoms with Crippen LogP contribution in [0.1, 0.15) is 44.1 Å². The Kier molecular flexibility index (Phi) is 4.16. The number of carbonyl (C=O) groups is 1. The first-order chi connectivity index (χ1) is 9.78. The van der Waals surface area contributed by atoms with E-state index in [0.29, 0.717) is 11.9 Å². The Morgan fingerprint density at radius 1 is 1.25 bits per heavy atom. The van der Waals surface area contributed by atoms with Crippen LogP contribution in [0.3, 0.4) is 0 Å². The van der Waals surface area contributed by atoms with Crippen molar-refractivity contribution < 1.29 is 4.79 Å². The van der Waals surface area contributed by atoms with Gasteiger partial charge in [0.25, 0.3) is 0 Å². The number of hydrogen-bond acceptors (Lipinski definition) is 1. The maximum absolute atomic E-state index is 13.1. The molecule has 2 fully saturated rings. The van der Waals surface area contributed by atoms with Crippen LogP contribution < -0.4 is 0 Å². The van der Waals surface area contributed by atoms with E-state index in [1.54, 1.807) is 0 Å². The number of hydrogen-bond donors (Lipinski definition) is 0. The molecule has 1 unspecified atom stereocenters. The monoisotopic (exact) mass is 335 g/mol. The molecule has 1 amide bonds. The molecule has 3 heteroatoms. The first-order valence-electron chi connectivity index (χ1n) is 7.70. The van der Waals surface area contributed by atoms with E-state index in [9.17, 15) is 4.79 Å². The summed E-state index contributed by atoms with van der Waals surface area (Å²) in [4.78, 5) is 15.3. The summed E-state index contributed by atoms with van der Waals surface area (Å²) in [5.74, 6) is 0.384. The van der Waals surface area contributed by atoms with E-state index < -0.39 is 0 Å². The molecule has 1 aliphatic heterocycles. The molecule has 0 spiro atoms. The topological polar surface area (TPSA) is 20.3 Å². The number of halogens is 1.